The van der Waals surface area contributed by atoms with Crippen molar-refractivity contribution in [3.05, 3.63) is 77.9 Å². The van der Waals surface area contributed by atoms with Crippen LogP contribution in [0.5, 0.6) is 5.75 Å². The molecule has 0 atom stereocenters. The first-order chi connectivity index (χ1) is 15.5. The number of hydrogen-bond donors (Lipinski definition) is 1. The minimum Gasteiger partial charge on any atom is -0.488 e. The molecule has 0 unspecified atom stereocenters. The molecule has 0 fully saturated rings. The highest BCUT2D eigenvalue weighted by molar-refractivity contribution is 7.90. The Bertz CT molecular complexity index is 1130. The van der Waals surface area contributed by atoms with Crippen LogP contribution in [0.25, 0.3) is 10.8 Å². The summed E-state index contributed by atoms with van der Waals surface area (Å²) in [7, 11) is -3.68. The molecule has 0 saturated carbocycles. The van der Waals surface area contributed by atoms with Crippen LogP contribution >= 0.6 is 0 Å². The molecule has 0 aliphatic rings. The Hall–Kier alpha value is -2.86. The SMILES string of the molecule is CCCCCCCCS(=O)(=O)NC(=O)c1cccc2c(OCc3ccccc3)cccc12. The molecule has 32 heavy (non-hydrogen) atoms. The van der Waals surface area contributed by atoms with E-state index < -0.39 is 15.9 Å². The van der Waals surface area contributed by atoms with E-state index >= 15 is 0 Å². The van der Waals surface area contributed by atoms with Crippen molar-refractivity contribution < 1.29 is 17.9 Å². The second kappa shape index (κ2) is 11.7. The summed E-state index contributed by atoms with van der Waals surface area (Å²) in [6.45, 7) is 2.55. The Morgan fingerprint density at radius 1 is 0.812 bits per heavy atom. The van der Waals surface area contributed by atoms with E-state index in [2.05, 4.69) is 11.6 Å². The minimum atomic E-state index is -3.68. The first-order valence-corrected chi connectivity index (χ1v) is 12.9. The van der Waals surface area contributed by atoms with Crippen LogP contribution in [0.3, 0.4) is 0 Å². The highest BCUT2D eigenvalue weighted by Gasteiger charge is 2.18. The lowest BCUT2D eigenvalue weighted by atomic mass is 10.0. The van der Waals surface area contributed by atoms with Crippen LogP contribution in [0.1, 0.15) is 61.4 Å². The van der Waals surface area contributed by atoms with Crippen molar-refractivity contribution in [2.75, 3.05) is 5.75 Å². The summed E-state index contributed by atoms with van der Waals surface area (Å²) in [4.78, 5) is 12.8. The third-order valence-corrected chi connectivity index (χ3v) is 6.70. The molecular formula is C26H31NO4S. The van der Waals surface area contributed by atoms with Crippen molar-refractivity contribution >= 4 is 26.7 Å². The summed E-state index contributed by atoms with van der Waals surface area (Å²) < 4.78 is 33.0. The van der Waals surface area contributed by atoms with E-state index in [1.54, 1.807) is 18.2 Å². The summed E-state index contributed by atoms with van der Waals surface area (Å²) in [6, 6.07) is 20.5. The number of rotatable bonds is 12. The number of unbranched alkanes of at least 4 members (excludes halogenated alkanes) is 5. The zero-order chi connectivity index (χ0) is 22.8. The van der Waals surface area contributed by atoms with Crippen LogP contribution in [-0.4, -0.2) is 20.1 Å². The minimum absolute atomic E-state index is 0.0406. The predicted octanol–water partition coefficient (Wildman–Crippen LogP) is 5.84. The monoisotopic (exact) mass is 453 g/mol. The lowest BCUT2D eigenvalue weighted by Crippen LogP contribution is -2.32. The van der Waals surface area contributed by atoms with Crippen molar-refractivity contribution in [1.29, 1.82) is 0 Å². The van der Waals surface area contributed by atoms with Gasteiger partial charge in [0.2, 0.25) is 10.0 Å². The lowest BCUT2D eigenvalue weighted by Gasteiger charge is -2.12. The fourth-order valence-electron chi connectivity index (χ4n) is 3.66. The molecule has 1 amide bonds. The van der Waals surface area contributed by atoms with Gasteiger partial charge in [0.15, 0.2) is 0 Å². The van der Waals surface area contributed by atoms with Crippen LogP contribution < -0.4 is 9.46 Å². The van der Waals surface area contributed by atoms with Crippen molar-refractivity contribution in [2.45, 2.75) is 52.1 Å². The Morgan fingerprint density at radius 2 is 1.50 bits per heavy atom. The summed E-state index contributed by atoms with van der Waals surface area (Å²) in [6.07, 6.45) is 5.87. The zero-order valence-corrected chi connectivity index (χ0v) is 19.4. The molecule has 3 aromatic rings. The summed E-state index contributed by atoms with van der Waals surface area (Å²) in [5.74, 6) is -0.00104. The Labute approximate surface area is 190 Å². The molecule has 3 aromatic carbocycles. The van der Waals surface area contributed by atoms with Gasteiger partial charge in [-0.05, 0) is 29.5 Å². The number of benzene rings is 3. The fraction of sp³-hybridized carbons (Fsp3) is 0.346. The molecule has 0 aliphatic carbocycles. The molecule has 0 bridgehead atoms. The van der Waals surface area contributed by atoms with Gasteiger partial charge in [0, 0.05) is 10.9 Å². The average Bonchev–Trinajstić information content (AvgIpc) is 2.80. The fourth-order valence-corrected chi connectivity index (χ4v) is 4.74. The number of fused-ring (bicyclic) bond motifs is 1. The smallest absolute Gasteiger partial charge is 0.265 e. The Morgan fingerprint density at radius 3 is 2.28 bits per heavy atom. The second-order valence-electron chi connectivity index (χ2n) is 7.95. The summed E-state index contributed by atoms with van der Waals surface area (Å²) in [5.41, 5.74) is 1.36. The van der Waals surface area contributed by atoms with Crippen molar-refractivity contribution in [3.63, 3.8) is 0 Å². The van der Waals surface area contributed by atoms with Crippen LogP contribution in [0.2, 0.25) is 0 Å². The van der Waals surface area contributed by atoms with Crippen LogP contribution in [0.4, 0.5) is 0 Å². The molecule has 6 heteroatoms. The van der Waals surface area contributed by atoms with Crippen LogP contribution in [0, 0.1) is 0 Å². The molecule has 3 rings (SSSR count). The van der Waals surface area contributed by atoms with Gasteiger partial charge in [-0.25, -0.2) is 13.1 Å². The maximum absolute atomic E-state index is 12.8. The zero-order valence-electron chi connectivity index (χ0n) is 18.5. The van der Waals surface area contributed by atoms with Crippen LogP contribution in [-0.2, 0) is 16.6 Å². The standard InChI is InChI=1S/C26H31NO4S/c1-2-3-4-5-6-10-19-32(29,30)27-26(28)24-17-11-16-23-22(24)15-12-18-25(23)31-20-21-13-8-7-9-14-21/h7-9,11-18H,2-6,10,19-20H2,1H3,(H,27,28). The van der Waals surface area contributed by atoms with E-state index in [0.29, 0.717) is 29.7 Å². The number of hydrogen-bond acceptors (Lipinski definition) is 4. The van der Waals surface area contributed by atoms with Gasteiger partial charge in [0.05, 0.1) is 5.75 Å². The van der Waals surface area contributed by atoms with E-state index in [4.69, 9.17) is 4.74 Å². The van der Waals surface area contributed by atoms with Gasteiger partial charge < -0.3 is 4.74 Å². The lowest BCUT2D eigenvalue weighted by molar-refractivity contribution is 0.0983. The van der Waals surface area contributed by atoms with Crippen molar-refractivity contribution in [1.82, 2.24) is 4.72 Å². The molecule has 5 nitrogen and oxygen atoms in total. The normalized spacial score (nSPS) is 11.4. The molecular weight excluding hydrogens is 422 g/mol. The number of carbonyl (C=O) groups excluding carboxylic acids is 1. The van der Waals surface area contributed by atoms with Gasteiger partial charge in [-0.1, -0.05) is 93.6 Å². The highest BCUT2D eigenvalue weighted by Crippen LogP contribution is 2.29. The molecule has 0 aliphatic heterocycles. The maximum atomic E-state index is 12.8. The van der Waals surface area contributed by atoms with E-state index in [1.165, 1.54) is 6.42 Å². The van der Waals surface area contributed by atoms with Crippen molar-refractivity contribution in [2.24, 2.45) is 0 Å². The molecule has 0 aromatic heterocycles. The maximum Gasteiger partial charge on any atom is 0.265 e. The van der Waals surface area contributed by atoms with Gasteiger partial charge >= 0.3 is 0 Å². The molecule has 1 N–H and O–H groups in total. The van der Waals surface area contributed by atoms with Gasteiger partial charge in [-0.2, -0.15) is 0 Å². The van der Waals surface area contributed by atoms with E-state index in [9.17, 15) is 13.2 Å². The number of sulfonamides is 1. The van der Waals surface area contributed by atoms with Crippen molar-refractivity contribution in [3.8, 4) is 5.75 Å². The van der Waals surface area contributed by atoms with E-state index in [-0.39, 0.29) is 5.75 Å². The third-order valence-electron chi connectivity index (χ3n) is 5.38. The average molecular weight is 454 g/mol. The number of amides is 1. The van der Waals surface area contributed by atoms with Crippen LogP contribution in [0.15, 0.2) is 66.7 Å². The predicted molar refractivity (Wildman–Crippen MR) is 129 cm³/mol. The van der Waals surface area contributed by atoms with E-state index in [0.717, 1.165) is 36.6 Å². The number of nitrogens with one attached hydrogen (secondary N) is 1. The Balaban J connectivity index is 1.68. The first kappa shape index (κ1) is 23.8. The van der Waals surface area contributed by atoms with Gasteiger partial charge in [-0.3, -0.25) is 4.79 Å². The number of carbonyl (C=O) groups is 1. The summed E-state index contributed by atoms with van der Waals surface area (Å²) >= 11 is 0. The number of ether oxygens (including phenoxy) is 1. The molecule has 0 heterocycles. The molecule has 170 valence electrons. The van der Waals surface area contributed by atoms with Gasteiger partial charge in [0.1, 0.15) is 12.4 Å². The van der Waals surface area contributed by atoms with E-state index in [1.807, 2.05) is 48.5 Å². The largest absolute Gasteiger partial charge is 0.488 e. The highest BCUT2D eigenvalue weighted by atomic mass is 32.2. The van der Waals surface area contributed by atoms with Gasteiger partial charge in [-0.15, -0.1) is 0 Å². The second-order valence-corrected chi connectivity index (χ2v) is 9.79. The third kappa shape index (κ3) is 6.82. The Kier molecular flexibility index (Phi) is 8.68. The quantitative estimate of drug-likeness (QED) is 0.350. The molecule has 0 spiro atoms. The summed E-state index contributed by atoms with van der Waals surface area (Å²) in [5, 5.41) is 1.43. The molecule has 0 saturated heterocycles. The molecule has 0 radical (unpaired) electrons. The first-order valence-electron chi connectivity index (χ1n) is 11.2. The van der Waals surface area contributed by atoms with Gasteiger partial charge in [0.25, 0.3) is 5.91 Å². The topological polar surface area (TPSA) is 72.5 Å².